The van der Waals surface area contributed by atoms with Gasteiger partial charge in [-0.1, -0.05) is 30.3 Å². The molecule has 0 aliphatic carbocycles. The fraction of sp³-hybridized carbons (Fsp3) is 0.0476. The fourth-order valence-electron chi connectivity index (χ4n) is 3.15. The number of nitrogens with zero attached hydrogens (tertiary/aromatic N) is 1. The van der Waals surface area contributed by atoms with Crippen LogP contribution in [0.5, 0.6) is 0 Å². The first kappa shape index (κ1) is 16.8. The smallest absolute Gasteiger partial charge is 0.272 e. The van der Waals surface area contributed by atoms with E-state index in [4.69, 9.17) is 11.5 Å². The molecule has 0 unspecified atom stereocenters. The predicted molar refractivity (Wildman–Crippen MR) is 106 cm³/mol. The van der Waals surface area contributed by atoms with Crippen LogP contribution in [-0.2, 0) is 6.42 Å². The van der Waals surface area contributed by atoms with Crippen molar-refractivity contribution >= 4 is 22.1 Å². The number of hydrogen-bond acceptors (Lipinski definition) is 4. The summed E-state index contributed by atoms with van der Waals surface area (Å²) in [5.74, 6) is -0.345. The van der Waals surface area contributed by atoms with Crippen molar-refractivity contribution < 1.29 is 4.39 Å². The largest absolute Gasteiger partial charge is 0.397 e. The zero-order valence-corrected chi connectivity index (χ0v) is 14.4. The molecule has 0 bridgehead atoms. The van der Waals surface area contributed by atoms with E-state index in [0.717, 1.165) is 16.6 Å². The standard InChI is InChI=1S/C21H17FN4O/c22-17-7-5-12(9-16(17)13-6-8-18(23)19(24)11-13)10-20-14-3-1-2-4-15(14)21(27)26-25-20/h1-9,11H,10,23-24H2,(H,26,27). The topological polar surface area (TPSA) is 97.8 Å². The Morgan fingerprint density at radius 3 is 2.48 bits per heavy atom. The Balaban J connectivity index is 1.77. The number of anilines is 2. The van der Waals surface area contributed by atoms with Gasteiger partial charge in [-0.05, 0) is 41.5 Å². The summed E-state index contributed by atoms with van der Waals surface area (Å²) in [6, 6.07) is 17.2. The minimum atomic E-state index is -0.345. The highest BCUT2D eigenvalue weighted by Gasteiger charge is 2.11. The lowest BCUT2D eigenvalue weighted by atomic mass is 9.98. The Morgan fingerprint density at radius 1 is 0.926 bits per heavy atom. The molecule has 27 heavy (non-hydrogen) atoms. The average Bonchev–Trinajstić information content (AvgIpc) is 2.68. The molecule has 5 nitrogen and oxygen atoms in total. The van der Waals surface area contributed by atoms with Gasteiger partial charge in [-0.3, -0.25) is 4.79 Å². The molecule has 0 saturated heterocycles. The molecule has 3 aromatic carbocycles. The number of hydrogen-bond donors (Lipinski definition) is 3. The molecule has 0 atom stereocenters. The monoisotopic (exact) mass is 360 g/mol. The number of nitrogen functional groups attached to an aromatic ring is 2. The van der Waals surface area contributed by atoms with Gasteiger partial charge in [-0.25, -0.2) is 9.49 Å². The molecule has 6 heteroatoms. The van der Waals surface area contributed by atoms with Gasteiger partial charge in [0.25, 0.3) is 5.56 Å². The maximum absolute atomic E-state index is 14.4. The quantitative estimate of drug-likeness (QED) is 0.487. The van der Waals surface area contributed by atoms with Crippen molar-refractivity contribution in [1.29, 1.82) is 0 Å². The fourth-order valence-corrected chi connectivity index (χ4v) is 3.15. The van der Waals surface area contributed by atoms with Gasteiger partial charge >= 0.3 is 0 Å². The maximum atomic E-state index is 14.4. The van der Waals surface area contributed by atoms with E-state index < -0.39 is 0 Å². The number of aromatic nitrogens is 2. The number of rotatable bonds is 3. The second kappa shape index (κ2) is 6.57. The van der Waals surface area contributed by atoms with Gasteiger partial charge in [0.2, 0.25) is 0 Å². The van der Waals surface area contributed by atoms with Crippen molar-refractivity contribution in [2.24, 2.45) is 0 Å². The third kappa shape index (κ3) is 3.13. The first-order valence-corrected chi connectivity index (χ1v) is 8.43. The summed E-state index contributed by atoms with van der Waals surface area (Å²) in [4.78, 5) is 11.9. The average molecular weight is 360 g/mol. The summed E-state index contributed by atoms with van der Waals surface area (Å²) in [5.41, 5.74) is 14.9. The molecule has 0 saturated carbocycles. The number of aromatic amines is 1. The summed E-state index contributed by atoms with van der Waals surface area (Å²) >= 11 is 0. The molecule has 0 spiro atoms. The van der Waals surface area contributed by atoms with Gasteiger partial charge in [0.05, 0.1) is 22.5 Å². The van der Waals surface area contributed by atoms with Gasteiger partial charge in [-0.15, -0.1) is 0 Å². The van der Waals surface area contributed by atoms with Crippen molar-refractivity contribution in [3.05, 3.63) is 88.1 Å². The molecule has 4 rings (SSSR count). The lowest BCUT2D eigenvalue weighted by molar-refractivity contribution is 0.630. The van der Waals surface area contributed by atoms with E-state index in [0.29, 0.717) is 34.3 Å². The van der Waals surface area contributed by atoms with Crippen LogP contribution in [0.2, 0.25) is 0 Å². The maximum Gasteiger partial charge on any atom is 0.272 e. The number of fused-ring (bicyclic) bond motifs is 1. The minimum absolute atomic E-state index is 0.230. The highest BCUT2D eigenvalue weighted by atomic mass is 19.1. The van der Waals surface area contributed by atoms with E-state index in [1.165, 1.54) is 6.07 Å². The molecular formula is C21H17FN4O. The molecule has 5 N–H and O–H groups in total. The second-order valence-electron chi connectivity index (χ2n) is 6.38. The van der Waals surface area contributed by atoms with E-state index in [1.54, 1.807) is 36.4 Å². The zero-order valence-electron chi connectivity index (χ0n) is 14.4. The molecule has 1 heterocycles. The van der Waals surface area contributed by atoms with Crippen LogP contribution in [-0.4, -0.2) is 10.2 Å². The molecule has 0 aliphatic rings. The number of halogens is 1. The Hall–Kier alpha value is -3.67. The van der Waals surface area contributed by atoms with Crippen molar-refractivity contribution in [1.82, 2.24) is 10.2 Å². The second-order valence-corrected chi connectivity index (χ2v) is 6.38. The Bertz CT molecular complexity index is 1220. The number of nitrogens with one attached hydrogen (secondary N) is 1. The predicted octanol–water partition coefficient (Wildman–Crippen LogP) is 3.48. The third-order valence-electron chi connectivity index (χ3n) is 4.58. The Morgan fingerprint density at radius 2 is 1.70 bits per heavy atom. The van der Waals surface area contributed by atoms with Crippen LogP contribution in [0.3, 0.4) is 0 Å². The highest BCUT2D eigenvalue weighted by Crippen LogP contribution is 2.29. The van der Waals surface area contributed by atoms with Crippen LogP contribution < -0.4 is 17.0 Å². The minimum Gasteiger partial charge on any atom is -0.397 e. The van der Waals surface area contributed by atoms with Crippen molar-refractivity contribution in [2.75, 3.05) is 11.5 Å². The van der Waals surface area contributed by atoms with Crippen LogP contribution in [0, 0.1) is 5.82 Å². The summed E-state index contributed by atoms with van der Waals surface area (Å²) in [5, 5.41) is 8.07. The van der Waals surface area contributed by atoms with Gasteiger partial charge < -0.3 is 11.5 Å². The molecule has 0 amide bonds. The van der Waals surface area contributed by atoms with Crippen LogP contribution in [0.1, 0.15) is 11.3 Å². The van der Waals surface area contributed by atoms with E-state index in [2.05, 4.69) is 10.2 Å². The van der Waals surface area contributed by atoms with Gasteiger partial charge in [-0.2, -0.15) is 5.10 Å². The van der Waals surface area contributed by atoms with Crippen LogP contribution in [0.15, 0.2) is 65.5 Å². The lowest BCUT2D eigenvalue weighted by Gasteiger charge is -2.10. The SMILES string of the molecule is Nc1ccc(-c2cc(Cc3n[nH]c(=O)c4ccccc34)ccc2F)cc1N. The summed E-state index contributed by atoms with van der Waals surface area (Å²) in [6.45, 7) is 0. The zero-order chi connectivity index (χ0) is 19.0. The van der Waals surface area contributed by atoms with Crippen LogP contribution in [0.25, 0.3) is 21.9 Å². The van der Waals surface area contributed by atoms with Gasteiger partial charge in [0.1, 0.15) is 5.82 Å². The molecule has 1 aromatic heterocycles. The molecule has 134 valence electrons. The number of H-pyrrole nitrogens is 1. The van der Waals surface area contributed by atoms with Crippen molar-refractivity contribution in [3.8, 4) is 11.1 Å². The lowest BCUT2D eigenvalue weighted by Crippen LogP contribution is -2.11. The third-order valence-corrected chi connectivity index (χ3v) is 4.58. The number of nitrogens with two attached hydrogens (primary N) is 2. The summed E-state index contributed by atoms with van der Waals surface area (Å²) in [7, 11) is 0. The van der Waals surface area contributed by atoms with Gasteiger partial charge in [0.15, 0.2) is 0 Å². The van der Waals surface area contributed by atoms with E-state index in [9.17, 15) is 9.18 Å². The molecule has 4 aromatic rings. The molecule has 0 aliphatic heterocycles. The van der Waals surface area contributed by atoms with Crippen molar-refractivity contribution in [2.45, 2.75) is 6.42 Å². The van der Waals surface area contributed by atoms with Crippen LogP contribution >= 0.6 is 0 Å². The van der Waals surface area contributed by atoms with Crippen molar-refractivity contribution in [3.63, 3.8) is 0 Å². The molecule has 0 radical (unpaired) electrons. The molecule has 0 fully saturated rings. The Kier molecular flexibility index (Phi) is 4.08. The van der Waals surface area contributed by atoms with E-state index in [1.807, 2.05) is 18.2 Å². The summed E-state index contributed by atoms with van der Waals surface area (Å²) < 4.78 is 14.4. The number of benzene rings is 3. The Labute approximate surface area is 154 Å². The van der Waals surface area contributed by atoms with Gasteiger partial charge in [0, 0.05) is 17.4 Å². The normalized spacial score (nSPS) is 11.0. The van der Waals surface area contributed by atoms with E-state index in [-0.39, 0.29) is 11.4 Å². The molecular weight excluding hydrogens is 343 g/mol. The first-order chi connectivity index (χ1) is 13.0. The highest BCUT2D eigenvalue weighted by molar-refractivity contribution is 5.83. The first-order valence-electron chi connectivity index (χ1n) is 8.43. The summed E-state index contributed by atoms with van der Waals surface area (Å²) in [6.07, 6.45) is 0.453. The van der Waals surface area contributed by atoms with E-state index >= 15 is 0 Å². The van der Waals surface area contributed by atoms with Crippen LogP contribution in [0.4, 0.5) is 15.8 Å².